The Labute approximate surface area is 240 Å². The number of urea groups is 1. The summed E-state index contributed by atoms with van der Waals surface area (Å²) in [6, 6.07) is -0.414. The zero-order valence-corrected chi connectivity index (χ0v) is 23.8. The van der Waals surface area contributed by atoms with Gasteiger partial charge in [-0.15, -0.1) is 0 Å². The first kappa shape index (κ1) is 34.9. The molecule has 4 heterocycles. The number of aliphatic hydroxyl groups excluding tert-OH is 4. The summed E-state index contributed by atoms with van der Waals surface area (Å²) in [5.41, 5.74) is -1.16. The molecule has 43 heavy (non-hydrogen) atoms. The van der Waals surface area contributed by atoms with Crippen LogP contribution < -0.4 is 16.6 Å². The molecule has 1 aromatic heterocycles. The lowest BCUT2D eigenvalue weighted by atomic mass is 9.99. The van der Waals surface area contributed by atoms with Gasteiger partial charge < -0.3 is 64.7 Å². The van der Waals surface area contributed by atoms with Crippen LogP contribution in [0.3, 0.4) is 0 Å². The molecular formula is C20H30N4O17P2. The highest BCUT2D eigenvalue weighted by atomic mass is 31.2. The highest BCUT2D eigenvalue weighted by Crippen LogP contribution is 2.39. The number of aromatic nitrogens is 2. The van der Waals surface area contributed by atoms with Gasteiger partial charge in [0.2, 0.25) is 0 Å². The first-order valence-corrected chi connectivity index (χ1v) is 15.0. The number of aromatic amines is 2. The largest absolute Gasteiger partial charge is 0.469 e. The predicted octanol–water partition coefficient (Wildman–Crippen LogP) is -4.03. The maximum absolute atomic E-state index is 11.6. The second-order valence-electron chi connectivity index (χ2n) is 9.36. The molecule has 2 saturated heterocycles. The lowest BCUT2D eigenvalue weighted by Gasteiger charge is -2.28. The van der Waals surface area contributed by atoms with Crippen molar-refractivity contribution in [1.82, 2.24) is 20.2 Å². The van der Waals surface area contributed by atoms with Gasteiger partial charge in [-0.2, -0.15) is 0 Å². The van der Waals surface area contributed by atoms with Crippen molar-refractivity contribution in [3.8, 4) is 0 Å². The van der Waals surface area contributed by atoms with Crippen molar-refractivity contribution in [2.75, 3.05) is 20.3 Å². The van der Waals surface area contributed by atoms with E-state index < -0.39 is 95.0 Å². The number of aliphatic hydroxyl groups is 4. The summed E-state index contributed by atoms with van der Waals surface area (Å²) in [5.74, 6) is 0. The molecule has 0 radical (unpaired) electrons. The number of phosphoric ester groups is 2. The third-order valence-corrected chi connectivity index (χ3v) is 7.23. The second-order valence-corrected chi connectivity index (χ2v) is 11.8. The topological polar surface area (TPSA) is 331 Å². The van der Waals surface area contributed by atoms with E-state index in [2.05, 4.69) is 25.9 Å². The first-order chi connectivity index (χ1) is 19.8. The summed E-state index contributed by atoms with van der Waals surface area (Å²) in [7, 11) is -8.00. The number of hydrogen-bond acceptors (Lipinski definition) is 13. The number of rotatable bonds is 8. The van der Waals surface area contributed by atoms with Crippen LogP contribution in [-0.4, -0.2) is 124 Å². The predicted molar refractivity (Wildman–Crippen MR) is 137 cm³/mol. The summed E-state index contributed by atoms with van der Waals surface area (Å²) in [6.45, 7) is 2.36. The molecule has 0 saturated carbocycles. The van der Waals surface area contributed by atoms with Crippen molar-refractivity contribution in [3.05, 3.63) is 56.6 Å². The van der Waals surface area contributed by atoms with Crippen LogP contribution in [0.5, 0.6) is 0 Å². The number of H-pyrrole nitrogens is 2. The van der Waals surface area contributed by atoms with Gasteiger partial charge >= 0.3 is 27.4 Å². The second kappa shape index (κ2) is 13.6. The Kier molecular flexibility index (Phi) is 11.0. The fourth-order valence-electron chi connectivity index (χ4n) is 4.14. The van der Waals surface area contributed by atoms with Crippen molar-refractivity contribution in [3.63, 3.8) is 0 Å². The van der Waals surface area contributed by atoms with Crippen molar-refractivity contribution in [2.45, 2.75) is 48.8 Å². The number of nitrogens with zero attached hydrogens (tertiary/aromatic N) is 1. The molecule has 0 bridgehead atoms. The summed E-state index contributed by atoms with van der Waals surface area (Å²) in [4.78, 5) is 73.8. The van der Waals surface area contributed by atoms with E-state index >= 15 is 0 Å². The summed E-state index contributed by atoms with van der Waals surface area (Å²) < 4.78 is 40.3. The number of ether oxygens (including phenoxy) is 2. The van der Waals surface area contributed by atoms with Crippen LogP contribution in [-0.2, 0) is 27.7 Å². The molecule has 0 aromatic carbocycles. The van der Waals surface area contributed by atoms with Gasteiger partial charge in [-0.25, -0.2) is 18.7 Å². The first-order valence-electron chi connectivity index (χ1n) is 12.0. The molecule has 242 valence electrons. The van der Waals surface area contributed by atoms with E-state index in [9.17, 15) is 43.9 Å². The molecule has 8 unspecified atom stereocenters. The maximum Gasteiger partial charge on any atom is 0.469 e. The highest BCUT2D eigenvalue weighted by Gasteiger charge is 2.47. The number of carbonyl (C=O) groups is 1. The summed E-state index contributed by atoms with van der Waals surface area (Å²) in [6.07, 6.45) is -8.07. The van der Waals surface area contributed by atoms with Gasteiger partial charge in [0.05, 0.1) is 18.8 Å². The fourth-order valence-corrected chi connectivity index (χ4v) is 4.82. The molecule has 23 heteroatoms. The fraction of sp³-hybridized carbons (Fsp3) is 0.550. The Morgan fingerprint density at radius 3 is 1.86 bits per heavy atom. The molecule has 2 fully saturated rings. The number of carbonyl (C=O) groups excluding carboxylic acids is 1. The smallest absolute Gasteiger partial charge is 0.387 e. The van der Waals surface area contributed by atoms with E-state index in [1.54, 1.807) is 0 Å². The standard InChI is InChI=1S/C11H17N2O8P.C9H13N2O9P/c1-5-6(3-13(2)11(16)12-5)10-9(15)8(14)7(21-10)4-20-22(17,18)19;12-5-4(2-19-21(16,17)18)20-7(6(5)13)3-1-10-9(15)11-8(3)14/h3,7-10,14-15H,1,4H2,2H3,(H,12,16)(H2,17,18,19);1,4-7,12-13H,2H2,(H2,16,17,18)(H2,10,11,14,15). The van der Waals surface area contributed by atoms with Crippen LogP contribution in [0, 0.1) is 0 Å². The van der Waals surface area contributed by atoms with E-state index in [4.69, 9.17) is 29.0 Å². The minimum atomic E-state index is -4.76. The molecule has 8 atom stereocenters. The van der Waals surface area contributed by atoms with Crippen molar-refractivity contribution < 1.29 is 72.4 Å². The average Bonchev–Trinajstić information content (AvgIpc) is 3.33. The molecule has 2 amide bonds. The number of amides is 2. The molecule has 1 aromatic rings. The Bertz CT molecular complexity index is 1430. The Morgan fingerprint density at radius 1 is 0.884 bits per heavy atom. The molecule has 21 nitrogen and oxygen atoms in total. The molecule has 3 aliphatic heterocycles. The number of nitrogens with one attached hydrogen (secondary N) is 3. The molecular weight excluding hydrogens is 630 g/mol. The quantitative estimate of drug-likeness (QED) is 0.118. The van der Waals surface area contributed by atoms with Crippen molar-refractivity contribution >= 4 is 21.7 Å². The van der Waals surface area contributed by atoms with Gasteiger partial charge in [-0.05, 0) is 0 Å². The molecule has 11 N–H and O–H groups in total. The molecule has 0 aliphatic carbocycles. The Balaban J connectivity index is 0.000000236. The van der Waals surface area contributed by atoms with E-state index in [-0.39, 0.29) is 11.3 Å². The monoisotopic (exact) mass is 660 g/mol. The van der Waals surface area contributed by atoms with Crippen LogP contribution >= 0.6 is 15.6 Å². The highest BCUT2D eigenvalue weighted by molar-refractivity contribution is 7.46. The molecule has 4 rings (SSSR count). The third-order valence-electron chi connectivity index (χ3n) is 6.26. The van der Waals surface area contributed by atoms with Gasteiger partial charge in [0.15, 0.2) is 0 Å². The maximum atomic E-state index is 11.6. The van der Waals surface area contributed by atoms with Gasteiger partial charge in [-0.1, -0.05) is 6.58 Å². The van der Waals surface area contributed by atoms with Gasteiger partial charge in [0, 0.05) is 30.7 Å². The van der Waals surface area contributed by atoms with Crippen molar-refractivity contribution in [1.29, 1.82) is 0 Å². The Morgan fingerprint density at radius 2 is 1.37 bits per heavy atom. The van der Waals surface area contributed by atoms with Gasteiger partial charge in [-0.3, -0.25) is 18.8 Å². The van der Waals surface area contributed by atoms with E-state index in [1.165, 1.54) is 18.1 Å². The molecule has 3 aliphatic rings. The summed E-state index contributed by atoms with van der Waals surface area (Å²) in [5, 5.41) is 42.0. The normalized spacial score (nSPS) is 31.4. The van der Waals surface area contributed by atoms with E-state index in [0.29, 0.717) is 5.57 Å². The van der Waals surface area contributed by atoms with E-state index in [0.717, 1.165) is 6.20 Å². The van der Waals surface area contributed by atoms with Crippen LogP contribution in [0.25, 0.3) is 0 Å². The minimum absolute atomic E-state index is 0.139. The SMILES string of the molecule is C=C1NC(=O)N(C)C=C1C1OC(COP(=O)(O)O)C(O)C1O.O=c1[nH]cc(C2OC(COP(=O)(O)O)C(O)C2O)c(=O)[nH]1. The number of hydrogen-bond donors (Lipinski definition) is 11. The minimum Gasteiger partial charge on any atom is -0.387 e. The Hall–Kier alpha value is -2.59. The third kappa shape index (κ3) is 8.97. The average molecular weight is 660 g/mol. The van der Waals surface area contributed by atoms with Crippen molar-refractivity contribution in [2.24, 2.45) is 0 Å². The van der Waals surface area contributed by atoms with Crippen LogP contribution in [0.15, 0.2) is 39.8 Å². The van der Waals surface area contributed by atoms with Crippen LogP contribution in [0.1, 0.15) is 11.7 Å². The summed E-state index contributed by atoms with van der Waals surface area (Å²) >= 11 is 0. The van der Waals surface area contributed by atoms with E-state index in [1.807, 2.05) is 4.98 Å². The zero-order chi connectivity index (χ0) is 32.4. The lowest BCUT2D eigenvalue weighted by molar-refractivity contribution is -0.0228. The van der Waals surface area contributed by atoms with Crippen LogP contribution in [0.4, 0.5) is 4.79 Å². The van der Waals surface area contributed by atoms with Gasteiger partial charge in [0.25, 0.3) is 5.56 Å². The lowest BCUT2D eigenvalue weighted by Crippen LogP contribution is -2.42. The van der Waals surface area contributed by atoms with Gasteiger partial charge in [0.1, 0.15) is 48.8 Å². The van der Waals surface area contributed by atoms with Crippen LogP contribution in [0.2, 0.25) is 0 Å². The zero-order valence-electron chi connectivity index (χ0n) is 22.0. The number of phosphoric acid groups is 2. The molecule has 0 spiro atoms.